The molecule has 3 aliphatic rings. The molecule has 2 fully saturated rings. The summed E-state index contributed by atoms with van der Waals surface area (Å²) in [6.45, 7) is 3.35. The maximum absolute atomic E-state index is 13.4. The van der Waals surface area contributed by atoms with Gasteiger partial charge in [0.05, 0.1) is 11.8 Å². The quantitative estimate of drug-likeness (QED) is 0.380. The zero-order valence-electron chi connectivity index (χ0n) is 19.8. The molecule has 0 radical (unpaired) electrons. The fourth-order valence-corrected chi connectivity index (χ4v) is 5.83. The molecule has 0 spiro atoms. The Balaban J connectivity index is 1.32. The molecule has 1 saturated carbocycles. The molecule has 2 aliphatic carbocycles. The van der Waals surface area contributed by atoms with Crippen molar-refractivity contribution in [1.82, 2.24) is 4.90 Å². The lowest BCUT2D eigenvalue weighted by Gasteiger charge is -2.26. The number of likely N-dealkylation sites (tertiary alicyclic amines) is 1. The van der Waals surface area contributed by atoms with Crippen LogP contribution in [-0.2, 0) is 30.3 Å². The predicted octanol–water partition coefficient (Wildman–Crippen LogP) is 3.20. The van der Waals surface area contributed by atoms with Gasteiger partial charge in [-0.25, -0.2) is 4.79 Å². The molecule has 1 saturated heterocycles. The maximum Gasteiger partial charge on any atom is 0.330 e. The molecule has 1 heterocycles. The molecule has 2 aromatic rings. The van der Waals surface area contributed by atoms with Crippen molar-refractivity contribution in [2.45, 2.75) is 32.7 Å². The largest absolute Gasteiger partial charge is 0.454 e. The van der Waals surface area contributed by atoms with Gasteiger partial charge in [0.2, 0.25) is 11.8 Å². The molecule has 3 amide bonds. The Labute approximate surface area is 204 Å². The molecule has 0 unspecified atom stereocenters. The highest BCUT2D eigenvalue weighted by Gasteiger charge is 2.61. The van der Waals surface area contributed by atoms with Crippen LogP contribution >= 0.6 is 0 Å². The first-order valence-corrected chi connectivity index (χ1v) is 12.0. The van der Waals surface area contributed by atoms with Crippen LogP contribution < -0.4 is 5.32 Å². The van der Waals surface area contributed by atoms with Gasteiger partial charge in [-0.2, -0.15) is 0 Å². The molecular weight excluding hydrogens is 444 g/mol. The second-order valence-electron chi connectivity index (χ2n) is 9.78. The van der Waals surface area contributed by atoms with Gasteiger partial charge in [-0.15, -0.1) is 0 Å². The van der Waals surface area contributed by atoms with Crippen molar-refractivity contribution in [3.63, 3.8) is 0 Å². The second-order valence-corrected chi connectivity index (χ2v) is 9.78. The van der Waals surface area contributed by atoms with Crippen LogP contribution in [0.15, 0.2) is 60.7 Å². The number of rotatable bonds is 7. The number of benzene rings is 2. The van der Waals surface area contributed by atoms with Crippen LogP contribution in [0.5, 0.6) is 0 Å². The van der Waals surface area contributed by atoms with Crippen LogP contribution in [0.25, 0.3) is 0 Å². The van der Waals surface area contributed by atoms with Crippen LogP contribution in [0.1, 0.15) is 23.1 Å². The minimum atomic E-state index is -1.11. The smallest absolute Gasteiger partial charge is 0.330 e. The number of esters is 1. The minimum absolute atomic E-state index is 0.0448. The Morgan fingerprint density at radius 1 is 0.971 bits per heavy atom. The van der Waals surface area contributed by atoms with Crippen LogP contribution in [0, 0.1) is 37.5 Å². The van der Waals surface area contributed by atoms with Gasteiger partial charge in [-0.1, -0.05) is 48.6 Å². The van der Waals surface area contributed by atoms with E-state index in [4.69, 9.17) is 4.74 Å². The highest BCUT2D eigenvalue weighted by molar-refractivity contribution is 6.09. The number of fused-ring (bicyclic) bond motifs is 5. The summed E-state index contributed by atoms with van der Waals surface area (Å²) in [5, 5.41) is 2.74. The number of nitrogens with one attached hydrogen (secondary N) is 1. The number of anilines is 1. The molecule has 1 aliphatic heterocycles. The number of hydrogen-bond donors (Lipinski definition) is 1. The number of hydrogen-bond acceptors (Lipinski definition) is 5. The zero-order chi connectivity index (χ0) is 24.7. The van der Waals surface area contributed by atoms with Gasteiger partial charge < -0.3 is 10.1 Å². The normalized spacial score (nSPS) is 25.0. The summed E-state index contributed by atoms with van der Waals surface area (Å²) in [7, 11) is 0. The standard InChI is InChI=1S/C28H28N2O5/c1-16-10-17(2)12-21(11-16)29-23(31)15-35-28(34)22(13-18-6-4-3-5-7-18)30-26(32)24-19-8-9-20(14-19)25(24)27(30)33/h3-12,19-20,22,24-25H,13-15H2,1-2H3,(H,29,31)/t19-,20-,22-,24-,25+/m0/s1. The SMILES string of the molecule is Cc1cc(C)cc(NC(=O)COC(=O)[C@H](Cc2ccccc2)N2C(=O)[C@@H]3[C@H](C2=O)[C@H]2C=C[C@H]3C2)c1. The molecule has 5 rings (SSSR count). The minimum Gasteiger partial charge on any atom is -0.454 e. The third kappa shape index (κ3) is 4.38. The van der Waals surface area contributed by atoms with Crippen molar-refractivity contribution in [2.24, 2.45) is 23.7 Å². The topological polar surface area (TPSA) is 92.8 Å². The fourth-order valence-electron chi connectivity index (χ4n) is 5.83. The van der Waals surface area contributed by atoms with Crippen molar-refractivity contribution in [2.75, 3.05) is 11.9 Å². The highest BCUT2D eigenvalue weighted by Crippen LogP contribution is 2.53. The van der Waals surface area contributed by atoms with E-state index in [2.05, 4.69) is 5.32 Å². The third-order valence-corrected chi connectivity index (χ3v) is 7.21. The first-order chi connectivity index (χ1) is 16.8. The Hall–Kier alpha value is -3.74. The average molecular weight is 473 g/mol. The number of amides is 3. The Bertz CT molecular complexity index is 1170. The van der Waals surface area contributed by atoms with Gasteiger partial charge in [0.25, 0.3) is 5.91 Å². The number of carbonyl (C=O) groups excluding carboxylic acids is 4. The zero-order valence-corrected chi connectivity index (χ0v) is 19.8. The number of imide groups is 1. The molecule has 180 valence electrons. The number of nitrogens with zero attached hydrogens (tertiary/aromatic N) is 1. The van der Waals surface area contributed by atoms with Crippen molar-refractivity contribution in [1.29, 1.82) is 0 Å². The van der Waals surface area contributed by atoms with E-state index in [9.17, 15) is 19.2 Å². The fraction of sp³-hybridized carbons (Fsp3) is 0.357. The summed E-state index contributed by atoms with van der Waals surface area (Å²) < 4.78 is 5.36. The van der Waals surface area contributed by atoms with E-state index in [1.165, 1.54) is 0 Å². The summed E-state index contributed by atoms with van der Waals surface area (Å²) in [5.74, 6) is -2.59. The Kier molecular flexibility index (Phi) is 6.01. The van der Waals surface area contributed by atoms with E-state index in [0.29, 0.717) is 5.69 Å². The predicted molar refractivity (Wildman–Crippen MR) is 129 cm³/mol. The molecule has 7 heteroatoms. The monoisotopic (exact) mass is 472 g/mol. The lowest BCUT2D eigenvalue weighted by molar-refractivity contribution is -0.160. The molecule has 5 atom stereocenters. The highest BCUT2D eigenvalue weighted by atomic mass is 16.5. The summed E-state index contributed by atoms with van der Waals surface area (Å²) in [5.41, 5.74) is 3.42. The van der Waals surface area contributed by atoms with E-state index in [1.54, 1.807) is 0 Å². The molecule has 35 heavy (non-hydrogen) atoms. The summed E-state index contributed by atoms with van der Waals surface area (Å²) in [4.78, 5) is 53.5. The summed E-state index contributed by atoms with van der Waals surface area (Å²) in [6.07, 6.45) is 4.98. The third-order valence-electron chi connectivity index (χ3n) is 7.21. The number of ether oxygens (including phenoxy) is 1. The number of carbonyl (C=O) groups is 4. The second kappa shape index (κ2) is 9.13. The number of aryl methyl sites for hydroxylation is 2. The van der Waals surface area contributed by atoms with Crippen molar-refractivity contribution < 1.29 is 23.9 Å². The van der Waals surface area contributed by atoms with E-state index in [-0.39, 0.29) is 30.1 Å². The van der Waals surface area contributed by atoms with Crippen LogP contribution in [0.3, 0.4) is 0 Å². The molecule has 0 aromatic heterocycles. The van der Waals surface area contributed by atoms with E-state index < -0.39 is 36.4 Å². The van der Waals surface area contributed by atoms with Gasteiger partial charge in [-0.05, 0) is 60.9 Å². The number of allylic oxidation sites excluding steroid dienone is 2. The van der Waals surface area contributed by atoms with Gasteiger partial charge in [0, 0.05) is 12.1 Å². The summed E-state index contributed by atoms with van der Waals surface area (Å²) >= 11 is 0. The van der Waals surface area contributed by atoms with E-state index in [1.807, 2.05) is 74.5 Å². The van der Waals surface area contributed by atoms with Gasteiger partial charge in [-0.3, -0.25) is 19.3 Å². The Morgan fingerprint density at radius 3 is 2.17 bits per heavy atom. The molecular formula is C28H28N2O5. The van der Waals surface area contributed by atoms with E-state index >= 15 is 0 Å². The van der Waals surface area contributed by atoms with Crippen LogP contribution in [-0.4, -0.2) is 41.2 Å². The lowest BCUT2D eigenvalue weighted by Crippen LogP contribution is -2.48. The molecule has 7 nitrogen and oxygen atoms in total. The molecule has 1 N–H and O–H groups in total. The average Bonchev–Trinajstić information content (AvgIpc) is 3.50. The van der Waals surface area contributed by atoms with Gasteiger partial charge in [0.1, 0.15) is 6.04 Å². The van der Waals surface area contributed by atoms with Crippen molar-refractivity contribution in [3.05, 3.63) is 77.4 Å². The lowest BCUT2D eigenvalue weighted by atomic mass is 9.85. The summed E-state index contributed by atoms with van der Waals surface area (Å²) in [6, 6.07) is 13.7. The maximum atomic E-state index is 13.4. The van der Waals surface area contributed by atoms with Gasteiger partial charge >= 0.3 is 5.97 Å². The van der Waals surface area contributed by atoms with Crippen LogP contribution in [0.2, 0.25) is 0 Å². The van der Waals surface area contributed by atoms with Crippen molar-refractivity contribution in [3.8, 4) is 0 Å². The van der Waals surface area contributed by atoms with Crippen LogP contribution in [0.4, 0.5) is 5.69 Å². The Morgan fingerprint density at radius 2 is 1.57 bits per heavy atom. The molecule has 2 bridgehead atoms. The first kappa shape index (κ1) is 23.0. The molecule has 2 aromatic carbocycles. The first-order valence-electron chi connectivity index (χ1n) is 12.0. The van der Waals surface area contributed by atoms with Crippen molar-refractivity contribution >= 4 is 29.4 Å². The van der Waals surface area contributed by atoms with Gasteiger partial charge in [0.15, 0.2) is 6.61 Å². The van der Waals surface area contributed by atoms with E-state index in [0.717, 1.165) is 28.0 Å².